The molecule has 1 nitrogen and oxygen atoms in total. The van der Waals surface area contributed by atoms with Gasteiger partial charge in [-0.15, -0.1) is 0 Å². The average Bonchev–Trinajstić information content (AvgIpc) is 2.25. The molecule has 15 heavy (non-hydrogen) atoms. The molecule has 0 saturated carbocycles. The van der Waals surface area contributed by atoms with Crippen molar-refractivity contribution in [3.63, 3.8) is 0 Å². The van der Waals surface area contributed by atoms with Crippen LogP contribution in [0.5, 0.6) is 0 Å². The molecule has 1 unspecified atom stereocenters. The molecule has 1 atom stereocenters. The van der Waals surface area contributed by atoms with Crippen molar-refractivity contribution in [1.29, 1.82) is 0 Å². The lowest BCUT2D eigenvalue weighted by Gasteiger charge is -2.12. The smallest absolute Gasteiger partial charge is 0.273 e. The van der Waals surface area contributed by atoms with E-state index in [2.05, 4.69) is 0 Å². The molecule has 0 aliphatic carbocycles. The number of nitrogens with two attached hydrogens (primary N) is 1. The minimum Gasteiger partial charge on any atom is -0.330 e. The molecule has 0 heterocycles. The lowest BCUT2D eigenvalue weighted by atomic mass is 9.99. The molecule has 0 radical (unpaired) electrons. The van der Waals surface area contributed by atoms with E-state index in [9.17, 15) is 13.2 Å². The maximum Gasteiger partial charge on any atom is 0.273 e. The SMILES string of the molecule is NCCCc1ccccc1C(F)C(F)F. The summed E-state index contributed by atoms with van der Waals surface area (Å²) in [5, 5.41) is 0. The Hall–Kier alpha value is -1.03. The Balaban J connectivity index is 2.85. The first-order chi connectivity index (χ1) is 7.16. The van der Waals surface area contributed by atoms with Crippen LogP contribution in [0.4, 0.5) is 13.2 Å². The highest BCUT2D eigenvalue weighted by Crippen LogP contribution is 2.28. The van der Waals surface area contributed by atoms with E-state index >= 15 is 0 Å². The van der Waals surface area contributed by atoms with Crippen molar-refractivity contribution in [2.24, 2.45) is 5.73 Å². The van der Waals surface area contributed by atoms with Gasteiger partial charge < -0.3 is 5.73 Å². The molecule has 1 aromatic carbocycles. The second-order valence-electron chi connectivity index (χ2n) is 3.33. The molecule has 0 fully saturated rings. The van der Waals surface area contributed by atoms with E-state index in [0.717, 1.165) is 0 Å². The lowest BCUT2D eigenvalue weighted by molar-refractivity contribution is 0.0491. The minimum absolute atomic E-state index is 0.0842. The van der Waals surface area contributed by atoms with Crippen LogP contribution in [-0.4, -0.2) is 13.0 Å². The molecule has 0 saturated heterocycles. The van der Waals surface area contributed by atoms with E-state index in [-0.39, 0.29) is 5.56 Å². The zero-order valence-corrected chi connectivity index (χ0v) is 8.30. The van der Waals surface area contributed by atoms with E-state index in [1.807, 2.05) is 0 Å². The van der Waals surface area contributed by atoms with Crippen LogP contribution in [0.2, 0.25) is 0 Å². The molecule has 4 heteroatoms. The van der Waals surface area contributed by atoms with Crippen LogP contribution >= 0.6 is 0 Å². The van der Waals surface area contributed by atoms with Gasteiger partial charge in [-0.05, 0) is 30.5 Å². The number of benzene rings is 1. The molecule has 0 aliphatic heterocycles. The largest absolute Gasteiger partial charge is 0.330 e. The summed E-state index contributed by atoms with van der Waals surface area (Å²) in [6.07, 6.45) is -3.95. The first kappa shape index (κ1) is 12.0. The molecular weight excluding hydrogens is 203 g/mol. The van der Waals surface area contributed by atoms with Crippen LogP contribution in [0, 0.1) is 0 Å². The normalized spacial score (nSPS) is 13.1. The lowest BCUT2D eigenvalue weighted by Crippen LogP contribution is -2.08. The third kappa shape index (κ3) is 3.23. The van der Waals surface area contributed by atoms with E-state index in [4.69, 9.17) is 5.73 Å². The van der Waals surface area contributed by atoms with Crippen molar-refractivity contribution in [1.82, 2.24) is 0 Å². The molecule has 0 amide bonds. The highest BCUT2D eigenvalue weighted by Gasteiger charge is 2.23. The Morgan fingerprint density at radius 2 is 1.80 bits per heavy atom. The molecule has 2 N–H and O–H groups in total. The molecular formula is C11H14F3N. The van der Waals surface area contributed by atoms with Gasteiger partial charge in [-0.25, -0.2) is 13.2 Å². The third-order valence-corrected chi connectivity index (χ3v) is 2.22. The quantitative estimate of drug-likeness (QED) is 0.806. The van der Waals surface area contributed by atoms with Gasteiger partial charge in [0, 0.05) is 0 Å². The summed E-state index contributed by atoms with van der Waals surface area (Å²) < 4.78 is 37.6. The minimum atomic E-state index is -2.97. The van der Waals surface area contributed by atoms with Crippen LogP contribution in [0.3, 0.4) is 0 Å². The highest BCUT2D eigenvalue weighted by atomic mass is 19.3. The van der Waals surface area contributed by atoms with Crippen molar-refractivity contribution in [2.75, 3.05) is 6.54 Å². The van der Waals surface area contributed by atoms with E-state index in [0.29, 0.717) is 24.9 Å². The van der Waals surface area contributed by atoms with Gasteiger partial charge in [0.15, 0.2) is 6.17 Å². The van der Waals surface area contributed by atoms with E-state index in [1.54, 1.807) is 18.2 Å². The predicted octanol–water partition coefficient (Wildman–Crippen LogP) is 2.85. The first-order valence-corrected chi connectivity index (χ1v) is 4.87. The molecule has 0 aliphatic rings. The zero-order chi connectivity index (χ0) is 11.3. The predicted molar refractivity (Wildman–Crippen MR) is 53.7 cm³/mol. The summed E-state index contributed by atoms with van der Waals surface area (Å²) in [4.78, 5) is 0. The van der Waals surface area contributed by atoms with Crippen molar-refractivity contribution >= 4 is 0 Å². The first-order valence-electron chi connectivity index (χ1n) is 4.87. The summed E-state index contributed by atoms with van der Waals surface area (Å²) in [6, 6.07) is 6.35. The average molecular weight is 217 g/mol. The van der Waals surface area contributed by atoms with Crippen LogP contribution in [0.15, 0.2) is 24.3 Å². The summed E-state index contributed by atoms with van der Waals surface area (Å²) >= 11 is 0. The number of halogens is 3. The number of rotatable bonds is 5. The van der Waals surface area contributed by atoms with Crippen LogP contribution in [0.25, 0.3) is 0 Å². The van der Waals surface area contributed by atoms with Gasteiger partial charge in [0.1, 0.15) is 0 Å². The maximum atomic E-state index is 13.2. The van der Waals surface area contributed by atoms with Crippen LogP contribution in [-0.2, 0) is 6.42 Å². The van der Waals surface area contributed by atoms with Gasteiger partial charge in [-0.3, -0.25) is 0 Å². The monoisotopic (exact) mass is 217 g/mol. The Labute approximate surface area is 87.1 Å². The topological polar surface area (TPSA) is 26.0 Å². The molecule has 84 valence electrons. The summed E-state index contributed by atoms with van der Waals surface area (Å²) in [6.45, 7) is 0.472. The van der Waals surface area contributed by atoms with Gasteiger partial charge in [-0.1, -0.05) is 24.3 Å². The van der Waals surface area contributed by atoms with E-state index < -0.39 is 12.6 Å². The molecule has 1 aromatic rings. The van der Waals surface area contributed by atoms with Crippen molar-refractivity contribution in [3.8, 4) is 0 Å². The number of alkyl halides is 3. The van der Waals surface area contributed by atoms with Gasteiger partial charge in [0.25, 0.3) is 6.43 Å². The second kappa shape index (κ2) is 5.75. The fourth-order valence-electron chi connectivity index (χ4n) is 1.46. The third-order valence-electron chi connectivity index (χ3n) is 2.22. The summed E-state index contributed by atoms with van der Waals surface area (Å²) in [5.41, 5.74) is 6.03. The second-order valence-corrected chi connectivity index (χ2v) is 3.33. The van der Waals surface area contributed by atoms with Crippen molar-refractivity contribution in [3.05, 3.63) is 35.4 Å². The standard InChI is InChI=1S/C11H14F3N/c12-10(11(13)14)9-6-2-1-4-8(9)5-3-7-15/h1-2,4,6,10-11H,3,5,7,15H2. The fourth-order valence-corrected chi connectivity index (χ4v) is 1.46. The Bertz CT molecular complexity index is 302. The Kier molecular flexibility index (Phi) is 4.62. The Morgan fingerprint density at radius 1 is 1.13 bits per heavy atom. The molecule has 0 aromatic heterocycles. The Morgan fingerprint density at radius 3 is 2.40 bits per heavy atom. The molecule has 0 spiro atoms. The number of hydrogen-bond donors (Lipinski definition) is 1. The summed E-state index contributed by atoms with van der Waals surface area (Å²) in [7, 11) is 0. The fraction of sp³-hybridized carbons (Fsp3) is 0.455. The van der Waals surface area contributed by atoms with Crippen LogP contribution in [0.1, 0.15) is 23.7 Å². The summed E-state index contributed by atoms with van der Waals surface area (Å²) in [5.74, 6) is 0. The van der Waals surface area contributed by atoms with Gasteiger partial charge in [0.05, 0.1) is 0 Å². The van der Waals surface area contributed by atoms with Crippen molar-refractivity contribution in [2.45, 2.75) is 25.4 Å². The highest BCUT2D eigenvalue weighted by molar-refractivity contribution is 5.29. The number of aryl methyl sites for hydroxylation is 1. The van der Waals surface area contributed by atoms with Gasteiger partial charge in [-0.2, -0.15) is 0 Å². The van der Waals surface area contributed by atoms with Gasteiger partial charge >= 0.3 is 0 Å². The maximum absolute atomic E-state index is 13.2. The van der Waals surface area contributed by atoms with Gasteiger partial charge in [0.2, 0.25) is 0 Å². The van der Waals surface area contributed by atoms with E-state index in [1.165, 1.54) is 6.07 Å². The molecule has 0 bridgehead atoms. The number of hydrogen-bond acceptors (Lipinski definition) is 1. The molecule has 1 rings (SSSR count). The van der Waals surface area contributed by atoms with Crippen molar-refractivity contribution < 1.29 is 13.2 Å². The zero-order valence-electron chi connectivity index (χ0n) is 8.30. The van der Waals surface area contributed by atoms with Crippen LogP contribution < -0.4 is 5.73 Å².